The Morgan fingerprint density at radius 1 is 0.974 bits per heavy atom. The van der Waals surface area contributed by atoms with E-state index in [-0.39, 0.29) is 28.7 Å². The van der Waals surface area contributed by atoms with Crippen LogP contribution in [0.4, 0.5) is 10.7 Å². The fourth-order valence-electron chi connectivity index (χ4n) is 4.33. The summed E-state index contributed by atoms with van der Waals surface area (Å²) >= 11 is 2.61. The number of thioether (sulfide) groups is 1. The van der Waals surface area contributed by atoms with E-state index in [4.69, 9.17) is 4.42 Å². The first kappa shape index (κ1) is 26.6. The standard InChI is InChI=1S/C28H27N5O4S2/c1-17(34)30-20-13-11-19(12-14-20)26-32-33-28(37-26)38-16-23(35)31-27-24(21-9-5-6-10-22(21)39-27)25(36)29-15-18-7-3-2-4-8-18/h2-4,7-8,11-14H,5-6,9-10,15-16H2,1H3,(H,29,36)(H,30,34)(H,31,35). The number of thiophene rings is 1. The molecular weight excluding hydrogens is 534 g/mol. The van der Waals surface area contributed by atoms with E-state index in [0.29, 0.717) is 34.3 Å². The van der Waals surface area contributed by atoms with Gasteiger partial charge in [-0.15, -0.1) is 21.5 Å². The predicted octanol–water partition coefficient (Wildman–Crippen LogP) is 5.30. The maximum atomic E-state index is 13.2. The highest BCUT2D eigenvalue weighted by atomic mass is 32.2. The van der Waals surface area contributed by atoms with Crippen LogP contribution in [0.25, 0.3) is 11.5 Å². The van der Waals surface area contributed by atoms with Crippen molar-refractivity contribution in [2.24, 2.45) is 0 Å². The molecule has 9 nitrogen and oxygen atoms in total. The minimum Gasteiger partial charge on any atom is -0.411 e. The van der Waals surface area contributed by atoms with Crippen LogP contribution in [0, 0.1) is 0 Å². The van der Waals surface area contributed by atoms with Crippen LogP contribution >= 0.6 is 23.1 Å². The van der Waals surface area contributed by atoms with Crippen molar-refractivity contribution in [1.29, 1.82) is 0 Å². The van der Waals surface area contributed by atoms with Gasteiger partial charge in [0, 0.05) is 29.6 Å². The van der Waals surface area contributed by atoms with Crippen molar-refractivity contribution in [3.8, 4) is 11.5 Å². The summed E-state index contributed by atoms with van der Waals surface area (Å²) < 4.78 is 5.71. The molecule has 0 atom stereocenters. The molecule has 39 heavy (non-hydrogen) atoms. The number of amides is 3. The Bertz CT molecular complexity index is 1480. The zero-order chi connectivity index (χ0) is 27.2. The molecule has 0 aliphatic heterocycles. The predicted molar refractivity (Wildman–Crippen MR) is 152 cm³/mol. The Hall–Kier alpha value is -3.96. The molecule has 0 spiro atoms. The maximum absolute atomic E-state index is 13.2. The molecule has 4 aromatic rings. The van der Waals surface area contributed by atoms with Crippen molar-refractivity contribution in [2.75, 3.05) is 16.4 Å². The molecule has 1 aliphatic carbocycles. The number of nitrogens with one attached hydrogen (secondary N) is 3. The Labute approximate surface area is 233 Å². The molecule has 1 aliphatic rings. The molecular formula is C28H27N5O4S2. The van der Waals surface area contributed by atoms with Gasteiger partial charge in [-0.25, -0.2) is 0 Å². The normalized spacial score (nSPS) is 12.4. The minimum absolute atomic E-state index is 0.0523. The van der Waals surface area contributed by atoms with Gasteiger partial charge in [0.2, 0.25) is 17.7 Å². The van der Waals surface area contributed by atoms with E-state index in [9.17, 15) is 14.4 Å². The second-order valence-corrected chi connectivity index (χ2v) is 11.1. The number of carbonyl (C=O) groups is 3. The SMILES string of the molecule is CC(=O)Nc1ccc(-c2nnc(SCC(=O)Nc3sc4c(c3C(=O)NCc3ccccc3)CCCC4)o2)cc1. The summed E-state index contributed by atoms with van der Waals surface area (Å²) in [5, 5.41) is 17.6. The van der Waals surface area contributed by atoms with Gasteiger partial charge in [-0.05, 0) is 61.1 Å². The summed E-state index contributed by atoms with van der Waals surface area (Å²) in [5.74, 6) is -0.213. The Balaban J connectivity index is 1.22. The highest BCUT2D eigenvalue weighted by Crippen LogP contribution is 2.38. The van der Waals surface area contributed by atoms with Gasteiger partial charge in [0.15, 0.2) is 0 Å². The van der Waals surface area contributed by atoms with Gasteiger partial charge in [0.05, 0.1) is 11.3 Å². The number of benzene rings is 2. The van der Waals surface area contributed by atoms with Gasteiger partial charge in [0.1, 0.15) is 5.00 Å². The first-order valence-electron chi connectivity index (χ1n) is 12.6. The minimum atomic E-state index is -0.255. The van der Waals surface area contributed by atoms with E-state index in [1.807, 2.05) is 30.3 Å². The molecule has 0 saturated heterocycles. The van der Waals surface area contributed by atoms with E-state index in [2.05, 4.69) is 26.1 Å². The van der Waals surface area contributed by atoms with Gasteiger partial charge in [-0.1, -0.05) is 42.1 Å². The van der Waals surface area contributed by atoms with Crippen LogP contribution in [0.5, 0.6) is 0 Å². The number of hydrogen-bond donors (Lipinski definition) is 3. The van der Waals surface area contributed by atoms with E-state index < -0.39 is 0 Å². The molecule has 5 rings (SSSR count). The second-order valence-electron chi connectivity index (χ2n) is 9.05. The smallest absolute Gasteiger partial charge is 0.277 e. The highest BCUT2D eigenvalue weighted by molar-refractivity contribution is 7.99. The van der Waals surface area contributed by atoms with Gasteiger partial charge in [0.25, 0.3) is 11.1 Å². The fourth-order valence-corrected chi connectivity index (χ4v) is 6.20. The molecule has 2 aromatic heterocycles. The number of hydrogen-bond acceptors (Lipinski definition) is 8. The van der Waals surface area contributed by atoms with Crippen LogP contribution in [-0.4, -0.2) is 33.7 Å². The summed E-state index contributed by atoms with van der Waals surface area (Å²) in [6, 6.07) is 16.8. The van der Waals surface area contributed by atoms with Crippen molar-refractivity contribution in [3.05, 3.63) is 76.2 Å². The van der Waals surface area contributed by atoms with Crippen molar-refractivity contribution < 1.29 is 18.8 Å². The second kappa shape index (κ2) is 12.3. The zero-order valence-corrected chi connectivity index (χ0v) is 22.9. The molecule has 0 radical (unpaired) electrons. The molecule has 0 unspecified atom stereocenters. The van der Waals surface area contributed by atoms with Gasteiger partial charge in [-0.2, -0.15) is 0 Å². The molecule has 0 bridgehead atoms. The van der Waals surface area contributed by atoms with E-state index in [1.54, 1.807) is 24.3 Å². The lowest BCUT2D eigenvalue weighted by Gasteiger charge is -2.13. The van der Waals surface area contributed by atoms with Crippen LogP contribution in [0.2, 0.25) is 0 Å². The fraction of sp³-hybridized carbons (Fsp3) is 0.250. The maximum Gasteiger partial charge on any atom is 0.277 e. The molecule has 2 aromatic carbocycles. The van der Waals surface area contributed by atoms with Gasteiger partial charge < -0.3 is 20.4 Å². The van der Waals surface area contributed by atoms with Crippen LogP contribution in [-0.2, 0) is 29.0 Å². The van der Waals surface area contributed by atoms with Crippen molar-refractivity contribution in [1.82, 2.24) is 15.5 Å². The van der Waals surface area contributed by atoms with E-state index in [1.165, 1.54) is 23.1 Å². The lowest BCUT2D eigenvalue weighted by atomic mass is 9.95. The molecule has 0 fully saturated rings. The van der Waals surface area contributed by atoms with Gasteiger partial charge >= 0.3 is 0 Å². The van der Waals surface area contributed by atoms with Crippen LogP contribution < -0.4 is 16.0 Å². The number of anilines is 2. The van der Waals surface area contributed by atoms with E-state index >= 15 is 0 Å². The third-order valence-electron chi connectivity index (χ3n) is 6.13. The highest BCUT2D eigenvalue weighted by Gasteiger charge is 2.26. The third-order valence-corrected chi connectivity index (χ3v) is 8.16. The summed E-state index contributed by atoms with van der Waals surface area (Å²) in [4.78, 5) is 38.5. The number of rotatable bonds is 9. The van der Waals surface area contributed by atoms with Crippen molar-refractivity contribution in [2.45, 2.75) is 44.4 Å². The van der Waals surface area contributed by atoms with Crippen LogP contribution in [0.3, 0.4) is 0 Å². The van der Waals surface area contributed by atoms with Crippen molar-refractivity contribution >= 4 is 51.5 Å². The molecule has 11 heteroatoms. The van der Waals surface area contributed by atoms with E-state index in [0.717, 1.165) is 48.6 Å². The summed E-state index contributed by atoms with van der Waals surface area (Å²) in [7, 11) is 0. The lowest BCUT2D eigenvalue weighted by molar-refractivity contribution is -0.114. The summed E-state index contributed by atoms with van der Waals surface area (Å²) in [6.07, 6.45) is 3.86. The first-order valence-corrected chi connectivity index (χ1v) is 14.4. The average Bonchev–Trinajstić information content (AvgIpc) is 3.56. The average molecular weight is 562 g/mol. The molecule has 3 N–H and O–H groups in total. The largest absolute Gasteiger partial charge is 0.411 e. The topological polar surface area (TPSA) is 126 Å². The molecule has 0 saturated carbocycles. The monoisotopic (exact) mass is 561 g/mol. The Kier molecular flexibility index (Phi) is 8.38. The van der Waals surface area contributed by atoms with Crippen molar-refractivity contribution in [3.63, 3.8) is 0 Å². The quantitative estimate of drug-likeness (QED) is 0.237. The zero-order valence-electron chi connectivity index (χ0n) is 21.3. The Morgan fingerprint density at radius 3 is 2.51 bits per heavy atom. The number of aryl methyl sites for hydroxylation is 1. The summed E-state index contributed by atoms with van der Waals surface area (Å²) in [5.41, 5.74) is 4.00. The summed E-state index contributed by atoms with van der Waals surface area (Å²) in [6.45, 7) is 1.86. The van der Waals surface area contributed by atoms with Gasteiger partial charge in [-0.3, -0.25) is 14.4 Å². The number of carbonyl (C=O) groups excluding carboxylic acids is 3. The van der Waals surface area contributed by atoms with Crippen LogP contribution in [0.15, 0.2) is 64.2 Å². The van der Waals surface area contributed by atoms with Crippen LogP contribution in [0.1, 0.15) is 46.1 Å². The molecule has 200 valence electrons. The number of nitrogens with zero attached hydrogens (tertiary/aromatic N) is 2. The third kappa shape index (κ3) is 6.73. The Morgan fingerprint density at radius 2 is 1.74 bits per heavy atom. The lowest BCUT2D eigenvalue weighted by Crippen LogP contribution is -2.25. The number of aromatic nitrogens is 2. The number of fused-ring (bicyclic) bond motifs is 1. The first-order chi connectivity index (χ1) is 19.0. The molecule has 2 heterocycles. The molecule has 3 amide bonds.